The van der Waals surface area contributed by atoms with Gasteiger partial charge in [0, 0.05) is 18.7 Å². The van der Waals surface area contributed by atoms with Crippen molar-refractivity contribution in [2.75, 3.05) is 32.5 Å². The number of hydrogen-bond donors (Lipinski definition) is 1. The van der Waals surface area contributed by atoms with Gasteiger partial charge in [-0.1, -0.05) is 30.8 Å². The van der Waals surface area contributed by atoms with Gasteiger partial charge in [0.2, 0.25) is 0 Å². The molecular weight excluding hydrogens is 372 g/mol. The zero-order chi connectivity index (χ0) is 19.9. The van der Waals surface area contributed by atoms with Gasteiger partial charge in [-0.05, 0) is 50.1 Å². The first kappa shape index (κ1) is 20.4. The van der Waals surface area contributed by atoms with E-state index in [0.29, 0.717) is 23.0 Å². The number of nitrogens with one attached hydrogen (secondary N) is 1. The van der Waals surface area contributed by atoms with Gasteiger partial charge in [0.05, 0.1) is 12.3 Å². The Morgan fingerprint density at radius 2 is 2.32 bits per heavy atom. The molecule has 0 spiro atoms. The molecule has 3 rings (SSSR count). The minimum atomic E-state index is -0.418. The highest BCUT2D eigenvalue weighted by molar-refractivity contribution is 7.98. The van der Waals surface area contributed by atoms with Crippen molar-refractivity contribution in [1.82, 2.24) is 14.9 Å². The number of piperidine rings is 1. The number of H-pyrrole nitrogens is 1. The molecule has 0 aliphatic carbocycles. The van der Waals surface area contributed by atoms with E-state index in [0.717, 1.165) is 24.6 Å². The second-order valence-electron chi connectivity index (χ2n) is 7.19. The van der Waals surface area contributed by atoms with Crippen LogP contribution in [0.4, 0.5) is 0 Å². The lowest BCUT2D eigenvalue weighted by atomic mass is 10.0. The van der Waals surface area contributed by atoms with E-state index in [1.165, 1.54) is 37.7 Å². The molecule has 1 aliphatic rings. The molecule has 2 aromatic rings. The van der Waals surface area contributed by atoms with E-state index in [2.05, 4.69) is 21.8 Å². The van der Waals surface area contributed by atoms with E-state index in [1.807, 2.05) is 36.6 Å². The van der Waals surface area contributed by atoms with Crippen LogP contribution in [0, 0.1) is 17.2 Å². The second kappa shape index (κ2) is 9.76. The summed E-state index contributed by atoms with van der Waals surface area (Å²) in [7, 11) is 0. The number of ether oxygens (including phenoxy) is 1. The highest BCUT2D eigenvalue weighted by Crippen LogP contribution is 2.25. The Balaban J connectivity index is 1.65. The van der Waals surface area contributed by atoms with Crippen LogP contribution in [0.3, 0.4) is 0 Å². The highest BCUT2D eigenvalue weighted by Gasteiger charge is 2.16. The molecule has 1 unspecified atom stereocenters. The molecule has 1 N–H and O–H groups in total. The summed E-state index contributed by atoms with van der Waals surface area (Å²) in [6.07, 6.45) is 5.42. The van der Waals surface area contributed by atoms with Gasteiger partial charge in [-0.2, -0.15) is 5.26 Å². The van der Waals surface area contributed by atoms with Gasteiger partial charge in [0.25, 0.3) is 5.56 Å². The summed E-state index contributed by atoms with van der Waals surface area (Å²) >= 11 is 1.33. The lowest BCUT2D eigenvalue weighted by Crippen LogP contribution is -2.35. The molecule has 1 aliphatic heterocycles. The van der Waals surface area contributed by atoms with Crippen LogP contribution >= 0.6 is 11.8 Å². The SMILES string of the molecule is CSc1nc(-c2cccc(OCCCN3CCCC(C)C3)c2)c(C#N)c(=O)[nH]1. The largest absolute Gasteiger partial charge is 0.494 e. The van der Waals surface area contributed by atoms with E-state index in [4.69, 9.17) is 4.74 Å². The summed E-state index contributed by atoms with van der Waals surface area (Å²) in [6.45, 7) is 6.36. The van der Waals surface area contributed by atoms with Gasteiger partial charge in [0.1, 0.15) is 17.4 Å². The first-order valence-corrected chi connectivity index (χ1v) is 10.9. The summed E-state index contributed by atoms with van der Waals surface area (Å²) in [5.41, 5.74) is 0.705. The smallest absolute Gasteiger partial charge is 0.270 e. The summed E-state index contributed by atoms with van der Waals surface area (Å²) in [5, 5.41) is 9.84. The van der Waals surface area contributed by atoms with Crippen LogP contribution in [0.15, 0.2) is 34.2 Å². The van der Waals surface area contributed by atoms with Crippen molar-refractivity contribution < 1.29 is 4.74 Å². The first-order valence-electron chi connectivity index (χ1n) is 9.64. The van der Waals surface area contributed by atoms with E-state index in [1.54, 1.807) is 0 Å². The maximum absolute atomic E-state index is 12.1. The molecule has 148 valence electrons. The Bertz CT molecular complexity index is 906. The van der Waals surface area contributed by atoms with Gasteiger partial charge in [-0.25, -0.2) is 4.98 Å². The Hall–Kier alpha value is -2.30. The summed E-state index contributed by atoms with van der Waals surface area (Å²) in [4.78, 5) is 21.7. The Kier molecular flexibility index (Phi) is 7.12. The van der Waals surface area contributed by atoms with E-state index < -0.39 is 5.56 Å². The molecule has 0 radical (unpaired) electrons. The molecule has 7 heteroatoms. The lowest BCUT2D eigenvalue weighted by molar-refractivity contribution is 0.170. The third-order valence-corrected chi connectivity index (χ3v) is 5.52. The van der Waals surface area contributed by atoms with Gasteiger partial charge in [-0.3, -0.25) is 4.79 Å². The Morgan fingerprint density at radius 1 is 1.46 bits per heavy atom. The number of aromatic amines is 1. The van der Waals surface area contributed by atoms with Crippen LogP contribution in [0.5, 0.6) is 5.75 Å². The van der Waals surface area contributed by atoms with Crippen LogP contribution in [0.1, 0.15) is 31.7 Å². The summed E-state index contributed by atoms with van der Waals surface area (Å²) < 4.78 is 5.92. The van der Waals surface area contributed by atoms with Crippen molar-refractivity contribution in [2.24, 2.45) is 5.92 Å². The average Bonchev–Trinajstić information content (AvgIpc) is 2.71. The van der Waals surface area contributed by atoms with Crippen molar-refractivity contribution in [2.45, 2.75) is 31.3 Å². The van der Waals surface area contributed by atoms with Crippen LogP contribution in [0.25, 0.3) is 11.3 Å². The number of aromatic nitrogens is 2. The number of nitrogens with zero attached hydrogens (tertiary/aromatic N) is 3. The molecule has 1 aromatic carbocycles. The fraction of sp³-hybridized carbons (Fsp3) is 0.476. The number of hydrogen-bond acceptors (Lipinski definition) is 6. The fourth-order valence-electron chi connectivity index (χ4n) is 3.56. The normalized spacial score (nSPS) is 17.2. The maximum atomic E-state index is 12.1. The standard InChI is InChI=1S/C21H26N4O2S/c1-15-6-4-9-25(14-15)10-5-11-27-17-8-3-7-16(12-17)19-18(13-22)20(26)24-21(23-19)28-2/h3,7-8,12,15H,4-6,9-11,14H2,1-2H3,(H,23,24,26). The molecule has 1 fully saturated rings. The predicted molar refractivity (Wildman–Crippen MR) is 112 cm³/mol. The number of thioether (sulfide) groups is 1. The number of likely N-dealkylation sites (tertiary alicyclic amines) is 1. The zero-order valence-corrected chi connectivity index (χ0v) is 17.2. The number of nitriles is 1. The van der Waals surface area contributed by atoms with E-state index >= 15 is 0 Å². The second-order valence-corrected chi connectivity index (χ2v) is 7.98. The minimum Gasteiger partial charge on any atom is -0.494 e. The zero-order valence-electron chi connectivity index (χ0n) is 16.4. The molecule has 1 atom stereocenters. The van der Waals surface area contributed by atoms with Crippen LogP contribution in [-0.4, -0.2) is 47.4 Å². The summed E-state index contributed by atoms with van der Waals surface area (Å²) in [6, 6.07) is 9.40. The van der Waals surface area contributed by atoms with E-state index in [9.17, 15) is 10.1 Å². The van der Waals surface area contributed by atoms with Gasteiger partial charge in [0.15, 0.2) is 5.16 Å². The molecule has 0 bridgehead atoms. The Morgan fingerprint density at radius 3 is 3.07 bits per heavy atom. The van der Waals surface area contributed by atoms with Crippen molar-refractivity contribution in [1.29, 1.82) is 5.26 Å². The van der Waals surface area contributed by atoms with Crippen LogP contribution in [-0.2, 0) is 0 Å². The van der Waals surface area contributed by atoms with Crippen molar-refractivity contribution in [3.8, 4) is 23.1 Å². The molecule has 0 amide bonds. The highest BCUT2D eigenvalue weighted by atomic mass is 32.2. The first-order chi connectivity index (χ1) is 13.6. The van der Waals surface area contributed by atoms with Crippen LogP contribution in [0.2, 0.25) is 0 Å². The van der Waals surface area contributed by atoms with Gasteiger partial charge < -0.3 is 14.6 Å². The quantitative estimate of drug-likeness (QED) is 0.436. The van der Waals surface area contributed by atoms with E-state index in [-0.39, 0.29) is 5.56 Å². The molecule has 0 saturated carbocycles. The lowest BCUT2D eigenvalue weighted by Gasteiger charge is -2.30. The van der Waals surface area contributed by atoms with Gasteiger partial charge in [-0.15, -0.1) is 0 Å². The number of rotatable bonds is 7. The monoisotopic (exact) mass is 398 g/mol. The molecule has 6 nitrogen and oxygen atoms in total. The maximum Gasteiger partial charge on any atom is 0.270 e. The van der Waals surface area contributed by atoms with Gasteiger partial charge >= 0.3 is 0 Å². The topological polar surface area (TPSA) is 82.0 Å². The number of benzene rings is 1. The molecule has 28 heavy (non-hydrogen) atoms. The molecular formula is C21H26N4O2S. The molecule has 1 saturated heterocycles. The third-order valence-electron chi connectivity index (χ3n) is 4.94. The van der Waals surface area contributed by atoms with Crippen molar-refractivity contribution in [3.63, 3.8) is 0 Å². The van der Waals surface area contributed by atoms with Crippen LogP contribution < -0.4 is 10.3 Å². The molecule has 1 aromatic heterocycles. The minimum absolute atomic E-state index is 0.0224. The molecule has 2 heterocycles. The third kappa shape index (κ3) is 5.15. The van der Waals surface area contributed by atoms with Crippen molar-refractivity contribution >= 4 is 11.8 Å². The fourth-order valence-corrected chi connectivity index (χ4v) is 3.94. The van der Waals surface area contributed by atoms with Crippen molar-refractivity contribution in [3.05, 3.63) is 40.2 Å². The average molecular weight is 399 g/mol. The predicted octanol–water partition coefficient (Wildman–Crippen LogP) is 3.53. The Labute approximate surface area is 169 Å². The summed E-state index contributed by atoms with van der Waals surface area (Å²) in [5.74, 6) is 1.51.